The molecule has 5 heteroatoms. The van der Waals surface area contributed by atoms with Gasteiger partial charge in [0.2, 0.25) is 0 Å². The number of nitrogens with zero attached hydrogens (tertiary/aromatic N) is 1. The minimum absolute atomic E-state index is 0.636. The van der Waals surface area contributed by atoms with Crippen molar-refractivity contribution in [1.82, 2.24) is 0 Å². The Morgan fingerprint density at radius 2 is 2.00 bits per heavy atom. The topological polar surface area (TPSA) is 49.8 Å². The molecule has 1 N–H and O–H groups in total. The maximum atomic E-state index is 11.5. The average molecular weight is 296 g/mol. The zero-order valence-corrected chi connectivity index (χ0v) is 12.0. The van der Waals surface area contributed by atoms with Crippen molar-refractivity contribution in [3.05, 3.63) is 28.8 Å². The molecule has 0 atom stereocenters. The summed E-state index contributed by atoms with van der Waals surface area (Å²) in [5, 5.41) is 10.1. The fourth-order valence-electron chi connectivity index (χ4n) is 3.02. The third kappa shape index (κ3) is 2.17. The van der Waals surface area contributed by atoms with Crippen LogP contribution in [0.3, 0.4) is 0 Å². The normalized spacial score (nSPS) is 21.4. The van der Waals surface area contributed by atoms with Crippen LogP contribution in [0.4, 0.5) is 5.69 Å². The smallest absolute Gasteiger partial charge is 0.314 e. The number of rotatable bonds is 3. The maximum Gasteiger partial charge on any atom is 0.314 e. The molecule has 0 radical (unpaired) electrons. The van der Waals surface area contributed by atoms with Crippen LogP contribution in [0.15, 0.2) is 18.2 Å². The van der Waals surface area contributed by atoms with Crippen molar-refractivity contribution in [2.75, 3.05) is 31.2 Å². The fourth-order valence-corrected chi connectivity index (χ4v) is 3.32. The van der Waals surface area contributed by atoms with Gasteiger partial charge < -0.3 is 14.7 Å². The summed E-state index contributed by atoms with van der Waals surface area (Å²) < 4.78 is 5.33. The van der Waals surface area contributed by atoms with Crippen LogP contribution in [0.25, 0.3) is 0 Å². The summed E-state index contributed by atoms with van der Waals surface area (Å²) in [6, 6.07) is 5.70. The number of ether oxygens (including phenoxy) is 1. The molecule has 1 aliphatic heterocycles. The van der Waals surface area contributed by atoms with Gasteiger partial charge in [0.05, 0.1) is 29.3 Å². The number of hydrogen-bond acceptors (Lipinski definition) is 3. The van der Waals surface area contributed by atoms with Crippen LogP contribution < -0.4 is 4.90 Å². The van der Waals surface area contributed by atoms with Gasteiger partial charge in [0.1, 0.15) is 0 Å². The number of morpholine rings is 1. The third-order valence-electron chi connectivity index (χ3n) is 4.47. The van der Waals surface area contributed by atoms with Crippen LogP contribution in [0.1, 0.15) is 24.8 Å². The Morgan fingerprint density at radius 3 is 2.50 bits per heavy atom. The Hall–Kier alpha value is -1.26. The number of carboxylic acid groups (broad SMARTS) is 1. The van der Waals surface area contributed by atoms with Crippen molar-refractivity contribution >= 4 is 23.3 Å². The first-order valence-corrected chi connectivity index (χ1v) is 7.37. The fraction of sp³-hybridized carbons (Fsp3) is 0.533. The first kappa shape index (κ1) is 13.7. The van der Waals surface area contributed by atoms with E-state index in [2.05, 4.69) is 4.90 Å². The summed E-state index contributed by atoms with van der Waals surface area (Å²) in [5.74, 6) is -0.737. The summed E-state index contributed by atoms with van der Waals surface area (Å²) in [6.45, 7) is 3.06. The summed E-state index contributed by atoms with van der Waals surface area (Å²) in [6.07, 6.45) is 2.38. The predicted octanol–water partition coefficient (Wildman–Crippen LogP) is 2.68. The van der Waals surface area contributed by atoms with Crippen LogP contribution in [-0.4, -0.2) is 37.4 Å². The molecule has 0 amide bonds. The van der Waals surface area contributed by atoms with Crippen LogP contribution in [0.2, 0.25) is 5.02 Å². The number of anilines is 1. The molecule has 1 aliphatic carbocycles. The zero-order chi connectivity index (χ0) is 14.2. The number of halogens is 1. The van der Waals surface area contributed by atoms with E-state index in [-0.39, 0.29) is 0 Å². The molecule has 0 bridgehead atoms. The van der Waals surface area contributed by atoms with Gasteiger partial charge in [-0.1, -0.05) is 24.1 Å². The Labute approximate surface area is 123 Å². The molecule has 1 heterocycles. The van der Waals surface area contributed by atoms with E-state index in [1.54, 1.807) is 0 Å². The van der Waals surface area contributed by atoms with Gasteiger partial charge in [-0.05, 0) is 30.5 Å². The Morgan fingerprint density at radius 1 is 1.30 bits per heavy atom. The van der Waals surface area contributed by atoms with Crippen molar-refractivity contribution in [3.63, 3.8) is 0 Å². The van der Waals surface area contributed by atoms with Crippen LogP contribution >= 0.6 is 11.6 Å². The molecule has 1 aromatic carbocycles. The SMILES string of the molecule is O=C(O)C1(c2ccc(N3CCOCC3)c(Cl)c2)CCC1. The maximum absolute atomic E-state index is 11.5. The highest BCUT2D eigenvalue weighted by molar-refractivity contribution is 6.33. The molecule has 2 fully saturated rings. The molecule has 1 saturated heterocycles. The van der Waals surface area contributed by atoms with Gasteiger partial charge in [0, 0.05) is 13.1 Å². The van der Waals surface area contributed by atoms with Gasteiger partial charge in [-0.25, -0.2) is 0 Å². The summed E-state index contributed by atoms with van der Waals surface area (Å²) in [7, 11) is 0. The van der Waals surface area contributed by atoms with Gasteiger partial charge in [0.25, 0.3) is 0 Å². The number of carbonyl (C=O) groups is 1. The van der Waals surface area contributed by atoms with E-state index in [1.807, 2.05) is 18.2 Å². The molecule has 1 aromatic rings. The van der Waals surface area contributed by atoms with E-state index < -0.39 is 11.4 Å². The monoisotopic (exact) mass is 295 g/mol. The molecule has 2 aliphatic rings. The Bertz CT molecular complexity index is 522. The van der Waals surface area contributed by atoms with E-state index >= 15 is 0 Å². The Kier molecular flexibility index (Phi) is 3.61. The lowest BCUT2D eigenvalue weighted by Gasteiger charge is -2.38. The molecule has 3 rings (SSSR count). The molecule has 4 nitrogen and oxygen atoms in total. The molecular weight excluding hydrogens is 278 g/mol. The lowest BCUT2D eigenvalue weighted by atomic mass is 9.64. The predicted molar refractivity (Wildman–Crippen MR) is 77.6 cm³/mol. The summed E-state index contributed by atoms with van der Waals surface area (Å²) in [5.41, 5.74) is 1.09. The molecule has 0 unspecified atom stereocenters. The quantitative estimate of drug-likeness (QED) is 0.931. The van der Waals surface area contributed by atoms with Crippen molar-refractivity contribution in [2.45, 2.75) is 24.7 Å². The summed E-state index contributed by atoms with van der Waals surface area (Å²) in [4.78, 5) is 13.7. The Balaban J connectivity index is 1.89. The third-order valence-corrected chi connectivity index (χ3v) is 4.77. The first-order chi connectivity index (χ1) is 9.63. The number of aliphatic carboxylic acids is 1. The average Bonchev–Trinajstić information content (AvgIpc) is 2.38. The van der Waals surface area contributed by atoms with E-state index in [4.69, 9.17) is 16.3 Å². The molecular formula is C15H18ClNO3. The van der Waals surface area contributed by atoms with Crippen molar-refractivity contribution < 1.29 is 14.6 Å². The van der Waals surface area contributed by atoms with E-state index in [0.29, 0.717) is 31.1 Å². The van der Waals surface area contributed by atoms with Crippen LogP contribution in [0, 0.1) is 0 Å². The van der Waals surface area contributed by atoms with E-state index in [9.17, 15) is 9.90 Å². The molecule has 108 valence electrons. The number of hydrogen-bond donors (Lipinski definition) is 1. The van der Waals surface area contributed by atoms with Crippen molar-refractivity contribution in [3.8, 4) is 0 Å². The van der Waals surface area contributed by atoms with Crippen LogP contribution in [-0.2, 0) is 14.9 Å². The minimum atomic E-state index is -0.737. The standard InChI is InChI=1S/C15H18ClNO3/c16-12-10-11(15(14(18)19)4-1-5-15)2-3-13(12)17-6-8-20-9-7-17/h2-3,10H,1,4-9H2,(H,18,19). The summed E-state index contributed by atoms with van der Waals surface area (Å²) >= 11 is 6.38. The van der Waals surface area contributed by atoms with Gasteiger partial charge in [-0.15, -0.1) is 0 Å². The second-order valence-corrected chi connectivity index (χ2v) is 5.91. The largest absolute Gasteiger partial charge is 0.481 e. The molecule has 1 saturated carbocycles. The molecule has 0 aromatic heterocycles. The second kappa shape index (κ2) is 5.26. The van der Waals surface area contributed by atoms with Crippen molar-refractivity contribution in [2.24, 2.45) is 0 Å². The van der Waals surface area contributed by atoms with Gasteiger partial charge in [-0.3, -0.25) is 4.79 Å². The number of benzene rings is 1. The van der Waals surface area contributed by atoms with E-state index in [1.165, 1.54) is 0 Å². The molecule has 0 spiro atoms. The minimum Gasteiger partial charge on any atom is -0.481 e. The van der Waals surface area contributed by atoms with Gasteiger partial charge in [-0.2, -0.15) is 0 Å². The lowest BCUT2D eigenvalue weighted by Crippen LogP contribution is -2.42. The first-order valence-electron chi connectivity index (χ1n) is 7.00. The second-order valence-electron chi connectivity index (χ2n) is 5.51. The highest BCUT2D eigenvalue weighted by Gasteiger charge is 2.46. The highest BCUT2D eigenvalue weighted by atomic mass is 35.5. The van der Waals surface area contributed by atoms with Gasteiger partial charge >= 0.3 is 5.97 Å². The zero-order valence-electron chi connectivity index (χ0n) is 11.3. The van der Waals surface area contributed by atoms with Crippen molar-refractivity contribution in [1.29, 1.82) is 0 Å². The van der Waals surface area contributed by atoms with E-state index in [0.717, 1.165) is 30.8 Å². The lowest BCUT2D eigenvalue weighted by molar-refractivity contribution is -0.147. The van der Waals surface area contributed by atoms with Crippen LogP contribution in [0.5, 0.6) is 0 Å². The molecule has 20 heavy (non-hydrogen) atoms. The van der Waals surface area contributed by atoms with Gasteiger partial charge in [0.15, 0.2) is 0 Å². The number of carboxylic acids is 1. The highest BCUT2D eigenvalue weighted by Crippen LogP contribution is 2.45.